The highest BCUT2D eigenvalue weighted by molar-refractivity contribution is 5.96. The number of benzene rings is 2. The van der Waals surface area contributed by atoms with Crippen molar-refractivity contribution in [3.05, 3.63) is 53.6 Å². The Bertz CT molecular complexity index is 816. The predicted molar refractivity (Wildman–Crippen MR) is 93.2 cm³/mol. The van der Waals surface area contributed by atoms with Crippen molar-refractivity contribution in [1.29, 1.82) is 0 Å². The first-order valence-corrected chi connectivity index (χ1v) is 7.72. The molecule has 0 radical (unpaired) electrons. The molecule has 1 aliphatic rings. The van der Waals surface area contributed by atoms with Crippen molar-refractivity contribution in [3.63, 3.8) is 0 Å². The van der Waals surface area contributed by atoms with Crippen LogP contribution in [0.3, 0.4) is 0 Å². The maximum Gasteiger partial charge on any atom is 0.271 e. The number of anilines is 1. The van der Waals surface area contributed by atoms with E-state index < -0.39 is 0 Å². The molecule has 3 rings (SSSR count). The fourth-order valence-electron chi connectivity index (χ4n) is 2.28. The van der Waals surface area contributed by atoms with E-state index in [0.29, 0.717) is 36.0 Å². The van der Waals surface area contributed by atoms with Crippen LogP contribution in [0.25, 0.3) is 0 Å². The van der Waals surface area contributed by atoms with Gasteiger partial charge in [0, 0.05) is 18.2 Å². The minimum Gasteiger partial charge on any atom is -0.486 e. The number of hydrogen-bond donors (Lipinski definition) is 2. The number of amides is 2. The smallest absolute Gasteiger partial charge is 0.271 e. The highest BCUT2D eigenvalue weighted by atomic mass is 16.6. The van der Waals surface area contributed by atoms with Gasteiger partial charge in [0.05, 0.1) is 6.21 Å². The molecule has 2 N–H and O–H groups in total. The number of fused-ring (bicyclic) bond motifs is 1. The standard InChI is InChI=1S/C18H17N3O4/c1-12(22)20-15-5-3-14(4-6-15)18(23)21-19-11-13-2-7-16-17(10-13)25-9-8-24-16/h2-7,10-11H,8-9H2,1H3,(H,20,22)(H,21,23)/b19-11-. The number of carbonyl (C=O) groups excluding carboxylic acids is 2. The SMILES string of the molecule is CC(=O)Nc1ccc(C(=O)N/N=C\c2ccc3c(c2)OCCO3)cc1. The van der Waals surface area contributed by atoms with Crippen LogP contribution in [0.1, 0.15) is 22.8 Å². The summed E-state index contributed by atoms with van der Waals surface area (Å²) in [4.78, 5) is 23.0. The van der Waals surface area contributed by atoms with E-state index in [1.807, 2.05) is 6.07 Å². The number of hydrazone groups is 1. The monoisotopic (exact) mass is 339 g/mol. The Morgan fingerprint density at radius 2 is 1.76 bits per heavy atom. The third-order valence-corrected chi connectivity index (χ3v) is 3.41. The van der Waals surface area contributed by atoms with Crippen LogP contribution in [0.5, 0.6) is 11.5 Å². The maximum absolute atomic E-state index is 12.0. The number of carbonyl (C=O) groups is 2. The third kappa shape index (κ3) is 4.35. The molecule has 128 valence electrons. The summed E-state index contributed by atoms with van der Waals surface area (Å²) in [7, 11) is 0. The lowest BCUT2D eigenvalue weighted by Gasteiger charge is -2.18. The van der Waals surface area contributed by atoms with Gasteiger partial charge in [-0.3, -0.25) is 9.59 Å². The van der Waals surface area contributed by atoms with Crippen molar-refractivity contribution in [1.82, 2.24) is 5.43 Å². The summed E-state index contributed by atoms with van der Waals surface area (Å²) in [5.74, 6) is 0.853. The average Bonchev–Trinajstić information content (AvgIpc) is 2.61. The molecule has 0 bridgehead atoms. The first-order chi connectivity index (χ1) is 12.1. The van der Waals surface area contributed by atoms with E-state index in [2.05, 4.69) is 15.8 Å². The molecule has 2 aromatic rings. The Hall–Kier alpha value is -3.35. The summed E-state index contributed by atoms with van der Waals surface area (Å²) in [5.41, 5.74) is 4.31. The number of nitrogens with zero attached hydrogens (tertiary/aromatic N) is 1. The Morgan fingerprint density at radius 3 is 2.48 bits per heavy atom. The van der Waals surface area contributed by atoms with E-state index in [1.54, 1.807) is 36.4 Å². The third-order valence-electron chi connectivity index (χ3n) is 3.41. The number of ether oxygens (including phenoxy) is 2. The van der Waals surface area contributed by atoms with Crippen LogP contribution >= 0.6 is 0 Å². The van der Waals surface area contributed by atoms with Gasteiger partial charge in [0.15, 0.2) is 11.5 Å². The summed E-state index contributed by atoms with van der Waals surface area (Å²) in [5, 5.41) is 6.59. The lowest BCUT2D eigenvalue weighted by molar-refractivity contribution is -0.114. The minimum atomic E-state index is -0.344. The quantitative estimate of drug-likeness (QED) is 0.660. The summed E-state index contributed by atoms with van der Waals surface area (Å²) in [6, 6.07) is 12.0. The highest BCUT2D eigenvalue weighted by Gasteiger charge is 2.11. The Labute approximate surface area is 144 Å². The molecule has 0 saturated heterocycles. The molecule has 0 saturated carbocycles. The molecule has 1 aliphatic heterocycles. The first kappa shape index (κ1) is 16.5. The Balaban J connectivity index is 1.60. The molecule has 25 heavy (non-hydrogen) atoms. The molecule has 0 aromatic heterocycles. The second kappa shape index (κ2) is 7.48. The average molecular weight is 339 g/mol. The summed E-state index contributed by atoms with van der Waals surface area (Å²) in [6.07, 6.45) is 1.53. The second-order valence-electron chi connectivity index (χ2n) is 5.36. The molecule has 0 fully saturated rings. The first-order valence-electron chi connectivity index (χ1n) is 7.72. The Kier molecular flexibility index (Phi) is 4.94. The van der Waals surface area contributed by atoms with Crippen LogP contribution in [0.2, 0.25) is 0 Å². The normalized spacial score (nSPS) is 12.7. The molecule has 0 unspecified atom stereocenters. The van der Waals surface area contributed by atoms with Gasteiger partial charge in [-0.1, -0.05) is 0 Å². The lowest BCUT2D eigenvalue weighted by atomic mass is 10.2. The van der Waals surface area contributed by atoms with E-state index in [0.717, 1.165) is 5.56 Å². The van der Waals surface area contributed by atoms with E-state index in [-0.39, 0.29) is 11.8 Å². The second-order valence-corrected chi connectivity index (χ2v) is 5.36. The predicted octanol–water partition coefficient (Wildman–Crippen LogP) is 2.18. The molecule has 0 aliphatic carbocycles. The molecule has 2 aromatic carbocycles. The molecule has 7 heteroatoms. The van der Waals surface area contributed by atoms with E-state index in [9.17, 15) is 9.59 Å². The molecule has 0 spiro atoms. The topological polar surface area (TPSA) is 89.0 Å². The fraction of sp³-hybridized carbons (Fsp3) is 0.167. The molecular weight excluding hydrogens is 322 g/mol. The van der Waals surface area contributed by atoms with Gasteiger partial charge in [0.2, 0.25) is 5.91 Å². The van der Waals surface area contributed by atoms with Crippen LogP contribution in [-0.2, 0) is 4.79 Å². The Morgan fingerprint density at radius 1 is 1.04 bits per heavy atom. The van der Waals surface area contributed by atoms with Crippen LogP contribution in [0.4, 0.5) is 5.69 Å². The van der Waals surface area contributed by atoms with Crippen LogP contribution in [0.15, 0.2) is 47.6 Å². The van der Waals surface area contributed by atoms with Crippen LogP contribution < -0.4 is 20.2 Å². The maximum atomic E-state index is 12.0. The number of rotatable bonds is 4. The minimum absolute atomic E-state index is 0.166. The van der Waals surface area contributed by atoms with Crippen molar-refractivity contribution in [2.45, 2.75) is 6.92 Å². The molecule has 0 atom stereocenters. The van der Waals surface area contributed by atoms with Crippen molar-refractivity contribution in [2.75, 3.05) is 18.5 Å². The zero-order valence-corrected chi connectivity index (χ0v) is 13.6. The van der Waals surface area contributed by atoms with Gasteiger partial charge in [-0.25, -0.2) is 5.43 Å². The molecule has 2 amide bonds. The largest absolute Gasteiger partial charge is 0.486 e. The van der Waals surface area contributed by atoms with Gasteiger partial charge < -0.3 is 14.8 Å². The van der Waals surface area contributed by atoms with Gasteiger partial charge in [-0.15, -0.1) is 0 Å². The van der Waals surface area contributed by atoms with E-state index in [1.165, 1.54) is 13.1 Å². The van der Waals surface area contributed by atoms with Gasteiger partial charge in [-0.05, 0) is 48.0 Å². The zero-order valence-electron chi connectivity index (χ0n) is 13.6. The van der Waals surface area contributed by atoms with Gasteiger partial charge in [0.25, 0.3) is 5.91 Å². The van der Waals surface area contributed by atoms with Gasteiger partial charge in [0.1, 0.15) is 13.2 Å². The summed E-state index contributed by atoms with van der Waals surface area (Å²) in [6.45, 7) is 2.48. The van der Waals surface area contributed by atoms with Crippen molar-refractivity contribution >= 4 is 23.7 Å². The van der Waals surface area contributed by atoms with Crippen LogP contribution in [0, 0.1) is 0 Å². The van der Waals surface area contributed by atoms with Crippen molar-refractivity contribution < 1.29 is 19.1 Å². The summed E-state index contributed by atoms with van der Waals surface area (Å²) < 4.78 is 10.9. The zero-order chi connectivity index (χ0) is 17.6. The fourth-order valence-corrected chi connectivity index (χ4v) is 2.28. The number of nitrogens with one attached hydrogen (secondary N) is 2. The number of hydrogen-bond acceptors (Lipinski definition) is 5. The van der Waals surface area contributed by atoms with E-state index in [4.69, 9.17) is 9.47 Å². The van der Waals surface area contributed by atoms with Crippen LogP contribution in [-0.4, -0.2) is 31.2 Å². The molecular formula is C18H17N3O4. The van der Waals surface area contributed by atoms with Gasteiger partial charge >= 0.3 is 0 Å². The van der Waals surface area contributed by atoms with E-state index >= 15 is 0 Å². The molecule has 7 nitrogen and oxygen atoms in total. The van der Waals surface area contributed by atoms with Crippen molar-refractivity contribution in [3.8, 4) is 11.5 Å². The lowest BCUT2D eigenvalue weighted by Crippen LogP contribution is -2.18. The highest BCUT2D eigenvalue weighted by Crippen LogP contribution is 2.30. The van der Waals surface area contributed by atoms with Crippen molar-refractivity contribution in [2.24, 2.45) is 5.10 Å². The van der Waals surface area contributed by atoms with Gasteiger partial charge in [-0.2, -0.15) is 5.10 Å². The molecule has 1 heterocycles. The summed E-state index contributed by atoms with van der Waals surface area (Å²) >= 11 is 0.